The summed E-state index contributed by atoms with van der Waals surface area (Å²) in [4.78, 5) is 23.9. The monoisotopic (exact) mass is 248 g/mol. The molecule has 0 radical (unpaired) electrons. The summed E-state index contributed by atoms with van der Waals surface area (Å²) in [5.41, 5.74) is -0.361. The molecule has 96 valence electrons. The molecule has 4 nitrogen and oxygen atoms in total. The number of ketones is 1. The van der Waals surface area contributed by atoms with Crippen molar-refractivity contribution >= 4 is 11.8 Å². The van der Waals surface area contributed by atoms with E-state index in [0.717, 1.165) is 0 Å². The van der Waals surface area contributed by atoms with Gasteiger partial charge in [0.15, 0.2) is 11.9 Å². The Morgan fingerprint density at radius 2 is 2.22 bits per heavy atom. The molecule has 1 saturated heterocycles. The summed E-state index contributed by atoms with van der Waals surface area (Å²) in [7, 11) is 1.51. The first-order valence-corrected chi connectivity index (χ1v) is 6.23. The lowest BCUT2D eigenvalue weighted by Gasteiger charge is -2.52. The van der Waals surface area contributed by atoms with Gasteiger partial charge < -0.3 is 9.47 Å². The summed E-state index contributed by atoms with van der Waals surface area (Å²) < 4.78 is 10.7. The zero-order valence-corrected chi connectivity index (χ0v) is 10.5. The fraction of sp³-hybridized carbons (Fsp3) is 0.571. The molecule has 2 aliphatic carbocycles. The number of ether oxygens (including phenoxy) is 2. The normalized spacial score (nSPS) is 41.9. The van der Waals surface area contributed by atoms with Crippen LogP contribution in [0.4, 0.5) is 0 Å². The molecule has 0 spiro atoms. The molecule has 0 aromatic heterocycles. The molecule has 4 unspecified atom stereocenters. The number of allylic oxidation sites excluding steroid dienone is 3. The first-order valence-electron chi connectivity index (χ1n) is 6.23. The fourth-order valence-corrected chi connectivity index (χ4v) is 3.52. The molecular weight excluding hydrogens is 232 g/mol. The maximum atomic E-state index is 12.2. The van der Waals surface area contributed by atoms with E-state index in [1.807, 2.05) is 13.0 Å². The summed E-state index contributed by atoms with van der Waals surface area (Å²) in [6.07, 6.45) is 6.19. The molecule has 4 heteroatoms. The third-order valence-corrected chi connectivity index (χ3v) is 4.61. The topological polar surface area (TPSA) is 52.6 Å². The van der Waals surface area contributed by atoms with Gasteiger partial charge in [-0.3, -0.25) is 9.59 Å². The number of hydrogen-bond acceptors (Lipinski definition) is 4. The zero-order valence-electron chi connectivity index (χ0n) is 10.5. The van der Waals surface area contributed by atoms with Gasteiger partial charge in [0.25, 0.3) is 0 Å². The second-order valence-electron chi connectivity index (χ2n) is 5.42. The van der Waals surface area contributed by atoms with Crippen LogP contribution in [-0.4, -0.2) is 25.0 Å². The lowest BCUT2D eigenvalue weighted by atomic mass is 9.55. The summed E-state index contributed by atoms with van der Waals surface area (Å²) in [6, 6.07) is 0. The van der Waals surface area contributed by atoms with Crippen LogP contribution in [0.2, 0.25) is 0 Å². The van der Waals surface area contributed by atoms with Crippen LogP contribution in [0.1, 0.15) is 19.8 Å². The molecule has 1 heterocycles. The van der Waals surface area contributed by atoms with Crippen LogP contribution in [0, 0.1) is 17.3 Å². The average molecular weight is 248 g/mol. The highest BCUT2D eigenvalue weighted by Crippen LogP contribution is 2.54. The van der Waals surface area contributed by atoms with Crippen LogP contribution in [0.3, 0.4) is 0 Å². The highest BCUT2D eigenvalue weighted by atomic mass is 16.6. The maximum Gasteiger partial charge on any atom is 0.307 e. The molecular formula is C14H16O4. The Balaban J connectivity index is 2.14. The van der Waals surface area contributed by atoms with E-state index in [4.69, 9.17) is 9.47 Å². The van der Waals surface area contributed by atoms with Crippen molar-refractivity contribution in [1.82, 2.24) is 0 Å². The van der Waals surface area contributed by atoms with Crippen molar-refractivity contribution in [3.63, 3.8) is 0 Å². The van der Waals surface area contributed by atoms with Gasteiger partial charge in [0.05, 0.1) is 13.5 Å². The molecule has 0 aromatic carbocycles. The Kier molecular flexibility index (Phi) is 2.37. The number of esters is 1. The van der Waals surface area contributed by atoms with E-state index >= 15 is 0 Å². The van der Waals surface area contributed by atoms with Gasteiger partial charge in [-0.25, -0.2) is 0 Å². The molecule has 0 aromatic rings. The summed E-state index contributed by atoms with van der Waals surface area (Å²) in [6.45, 7) is 2.03. The molecule has 0 bridgehead atoms. The second-order valence-corrected chi connectivity index (χ2v) is 5.42. The summed E-state index contributed by atoms with van der Waals surface area (Å²) in [5.74, 6) is 0.296. The van der Waals surface area contributed by atoms with Crippen LogP contribution < -0.4 is 0 Å². The number of hydrogen-bond donors (Lipinski definition) is 0. The largest absolute Gasteiger partial charge is 0.497 e. The molecule has 3 aliphatic rings. The zero-order chi connectivity index (χ0) is 12.9. The van der Waals surface area contributed by atoms with E-state index in [9.17, 15) is 9.59 Å². The van der Waals surface area contributed by atoms with Gasteiger partial charge in [0.1, 0.15) is 5.76 Å². The molecule has 0 saturated carbocycles. The van der Waals surface area contributed by atoms with E-state index < -0.39 is 6.10 Å². The van der Waals surface area contributed by atoms with Crippen molar-refractivity contribution in [3.8, 4) is 0 Å². The van der Waals surface area contributed by atoms with Crippen molar-refractivity contribution in [2.45, 2.75) is 25.9 Å². The lowest BCUT2D eigenvalue weighted by molar-refractivity contribution is -0.181. The quantitative estimate of drug-likeness (QED) is 0.522. The number of rotatable bonds is 1. The van der Waals surface area contributed by atoms with Crippen LogP contribution in [-0.2, 0) is 19.1 Å². The molecule has 18 heavy (non-hydrogen) atoms. The third-order valence-electron chi connectivity index (χ3n) is 4.61. The van der Waals surface area contributed by atoms with E-state index in [0.29, 0.717) is 18.6 Å². The van der Waals surface area contributed by atoms with E-state index in [-0.39, 0.29) is 29.0 Å². The Bertz CT molecular complexity index is 476. The maximum absolute atomic E-state index is 12.2. The fourth-order valence-electron chi connectivity index (χ4n) is 3.52. The molecule has 4 atom stereocenters. The van der Waals surface area contributed by atoms with Crippen molar-refractivity contribution in [3.05, 3.63) is 24.0 Å². The standard InChI is InChI=1S/C14H16O4/c1-14-8-4-3-5-9(14)10(15)7-11(17-2)13(14)18-12(16)6-8/h3-4,7-9,13H,5-6H2,1-2H3. The van der Waals surface area contributed by atoms with Gasteiger partial charge in [-0.05, 0) is 12.3 Å². The first-order chi connectivity index (χ1) is 8.57. The van der Waals surface area contributed by atoms with Crippen LogP contribution in [0.5, 0.6) is 0 Å². The van der Waals surface area contributed by atoms with Gasteiger partial charge in [-0.1, -0.05) is 19.1 Å². The van der Waals surface area contributed by atoms with Crippen molar-refractivity contribution in [2.75, 3.05) is 7.11 Å². The van der Waals surface area contributed by atoms with Gasteiger partial charge in [0, 0.05) is 17.4 Å². The van der Waals surface area contributed by atoms with Crippen LogP contribution >= 0.6 is 0 Å². The number of methoxy groups -OCH3 is 1. The number of carbonyl (C=O) groups excluding carboxylic acids is 2. The van der Waals surface area contributed by atoms with Crippen LogP contribution in [0.15, 0.2) is 24.0 Å². The van der Waals surface area contributed by atoms with Crippen molar-refractivity contribution in [2.24, 2.45) is 17.3 Å². The van der Waals surface area contributed by atoms with Gasteiger partial charge in [-0.15, -0.1) is 0 Å². The summed E-state index contributed by atoms with van der Waals surface area (Å²) in [5, 5.41) is 0. The minimum Gasteiger partial charge on any atom is -0.497 e. The highest BCUT2D eigenvalue weighted by Gasteiger charge is 2.58. The predicted octanol–water partition coefficient (Wildman–Crippen LogP) is 1.61. The molecule has 0 amide bonds. The Labute approximate surface area is 106 Å². The minimum absolute atomic E-state index is 0.0605. The van der Waals surface area contributed by atoms with Crippen molar-refractivity contribution < 1.29 is 19.1 Å². The van der Waals surface area contributed by atoms with Gasteiger partial charge in [0.2, 0.25) is 0 Å². The lowest BCUT2D eigenvalue weighted by Crippen LogP contribution is -2.57. The first kappa shape index (κ1) is 11.5. The van der Waals surface area contributed by atoms with Crippen molar-refractivity contribution in [1.29, 1.82) is 0 Å². The summed E-state index contributed by atoms with van der Waals surface area (Å²) >= 11 is 0. The average Bonchev–Trinajstić information content (AvgIpc) is 2.33. The van der Waals surface area contributed by atoms with E-state index in [2.05, 4.69) is 6.08 Å². The highest BCUT2D eigenvalue weighted by molar-refractivity contribution is 5.95. The van der Waals surface area contributed by atoms with E-state index in [1.165, 1.54) is 13.2 Å². The molecule has 0 N–H and O–H groups in total. The molecule has 1 fully saturated rings. The third kappa shape index (κ3) is 1.32. The van der Waals surface area contributed by atoms with E-state index in [1.54, 1.807) is 0 Å². The predicted molar refractivity (Wildman–Crippen MR) is 63.4 cm³/mol. The smallest absolute Gasteiger partial charge is 0.307 e. The van der Waals surface area contributed by atoms with Crippen LogP contribution in [0.25, 0.3) is 0 Å². The SMILES string of the molecule is COC1=CC(=O)C2CC=CC3CC(=O)OC1C32C. The molecule has 1 aliphatic heterocycles. The van der Waals surface area contributed by atoms with Gasteiger partial charge >= 0.3 is 5.97 Å². The number of carbonyl (C=O) groups is 2. The molecule has 3 rings (SSSR count). The Hall–Kier alpha value is -1.58. The Morgan fingerprint density at radius 3 is 2.94 bits per heavy atom. The second kappa shape index (κ2) is 3.70. The minimum atomic E-state index is -0.429. The Morgan fingerprint density at radius 1 is 1.44 bits per heavy atom. The van der Waals surface area contributed by atoms with Gasteiger partial charge in [-0.2, -0.15) is 0 Å².